The Morgan fingerprint density at radius 2 is 2.19 bits per heavy atom. The van der Waals surface area contributed by atoms with Crippen molar-refractivity contribution in [2.45, 2.75) is 50.2 Å². The fourth-order valence-corrected chi connectivity index (χ4v) is 3.57. The normalized spacial score (nSPS) is 32.6. The molecule has 1 saturated carbocycles. The molecular formula is C12H19N3S. The summed E-state index contributed by atoms with van der Waals surface area (Å²) in [5, 5.41) is 3.29. The fourth-order valence-electron chi connectivity index (χ4n) is 2.74. The van der Waals surface area contributed by atoms with Gasteiger partial charge in [-0.15, -0.1) is 11.3 Å². The molecule has 0 amide bonds. The van der Waals surface area contributed by atoms with Gasteiger partial charge < -0.3 is 5.73 Å². The van der Waals surface area contributed by atoms with Crippen LogP contribution < -0.4 is 5.73 Å². The topological polar surface area (TPSA) is 42.1 Å². The Balaban J connectivity index is 1.87. The van der Waals surface area contributed by atoms with E-state index in [-0.39, 0.29) is 6.04 Å². The molecule has 2 fully saturated rings. The van der Waals surface area contributed by atoms with E-state index in [1.807, 2.05) is 6.20 Å². The quantitative estimate of drug-likeness (QED) is 0.857. The van der Waals surface area contributed by atoms with Crippen molar-refractivity contribution in [2.75, 3.05) is 6.54 Å². The summed E-state index contributed by atoms with van der Waals surface area (Å²) in [6, 6.07) is 1.45. The number of thiazole rings is 1. The van der Waals surface area contributed by atoms with Crippen molar-refractivity contribution in [1.82, 2.24) is 9.88 Å². The standard InChI is InChI=1S/C12H19N3S/c13-10-3-1-2-7-15(9-4-5-9)11(10)12-14-6-8-16-12/h6,8-11H,1-5,7,13H2. The third-order valence-electron chi connectivity index (χ3n) is 3.69. The zero-order valence-corrected chi connectivity index (χ0v) is 10.3. The van der Waals surface area contributed by atoms with Gasteiger partial charge in [-0.05, 0) is 32.2 Å². The minimum Gasteiger partial charge on any atom is -0.326 e. The highest BCUT2D eigenvalue weighted by atomic mass is 32.1. The van der Waals surface area contributed by atoms with Crippen LogP contribution in [-0.4, -0.2) is 28.5 Å². The van der Waals surface area contributed by atoms with Crippen molar-refractivity contribution in [3.05, 3.63) is 16.6 Å². The average molecular weight is 237 g/mol. The average Bonchev–Trinajstić information content (AvgIpc) is 3.02. The second kappa shape index (κ2) is 4.43. The lowest BCUT2D eigenvalue weighted by Gasteiger charge is -2.31. The Morgan fingerprint density at radius 3 is 2.88 bits per heavy atom. The monoisotopic (exact) mass is 237 g/mol. The van der Waals surface area contributed by atoms with Crippen molar-refractivity contribution in [3.63, 3.8) is 0 Å². The Kier molecular flexibility index (Phi) is 2.96. The summed E-state index contributed by atoms with van der Waals surface area (Å²) in [6.45, 7) is 1.21. The van der Waals surface area contributed by atoms with Crippen LogP contribution in [0, 0.1) is 0 Å². The molecule has 2 aliphatic rings. The van der Waals surface area contributed by atoms with Gasteiger partial charge in [0.05, 0.1) is 6.04 Å². The number of rotatable bonds is 2. The molecule has 0 spiro atoms. The van der Waals surface area contributed by atoms with E-state index in [9.17, 15) is 0 Å². The van der Waals surface area contributed by atoms with Crippen molar-refractivity contribution in [1.29, 1.82) is 0 Å². The van der Waals surface area contributed by atoms with Crippen molar-refractivity contribution < 1.29 is 0 Å². The molecular weight excluding hydrogens is 218 g/mol. The van der Waals surface area contributed by atoms with Gasteiger partial charge in [0.2, 0.25) is 0 Å². The molecule has 0 bridgehead atoms. The van der Waals surface area contributed by atoms with Crippen LogP contribution in [0.3, 0.4) is 0 Å². The highest BCUT2D eigenvalue weighted by Crippen LogP contribution is 2.39. The summed E-state index contributed by atoms with van der Waals surface area (Å²) in [4.78, 5) is 7.11. The van der Waals surface area contributed by atoms with Crippen LogP contribution in [0.5, 0.6) is 0 Å². The molecule has 1 aromatic rings. The largest absolute Gasteiger partial charge is 0.326 e. The molecule has 2 atom stereocenters. The molecule has 88 valence electrons. The van der Waals surface area contributed by atoms with Gasteiger partial charge in [0.15, 0.2) is 0 Å². The van der Waals surface area contributed by atoms with E-state index in [1.54, 1.807) is 11.3 Å². The second-order valence-corrected chi connectivity index (χ2v) is 5.87. The first-order chi connectivity index (χ1) is 7.86. The SMILES string of the molecule is NC1CCCCN(C2CC2)C1c1nccs1. The van der Waals surface area contributed by atoms with Crippen LogP contribution in [0.1, 0.15) is 43.2 Å². The predicted molar refractivity (Wildman–Crippen MR) is 66.4 cm³/mol. The zero-order chi connectivity index (χ0) is 11.0. The number of nitrogens with two attached hydrogens (primary N) is 1. The Morgan fingerprint density at radius 1 is 1.31 bits per heavy atom. The summed E-state index contributed by atoms with van der Waals surface area (Å²) < 4.78 is 0. The minimum atomic E-state index is 0.272. The predicted octanol–water partition coefficient (Wildman–Crippen LogP) is 2.16. The fraction of sp³-hybridized carbons (Fsp3) is 0.750. The zero-order valence-electron chi connectivity index (χ0n) is 9.51. The van der Waals surface area contributed by atoms with Gasteiger partial charge in [0.1, 0.15) is 5.01 Å². The van der Waals surface area contributed by atoms with Gasteiger partial charge in [-0.1, -0.05) is 6.42 Å². The molecule has 2 heterocycles. The van der Waals surface area contributed by atoms with Crippen LogP contribution >= 0.6 is 11.3 Å². The molecule has 3 nitrogen and oxygen atoms in total. The summed E-state index contributed by atoms with van der Waals surface area (Å²) in [5.74, 6) is 0. The summed E-state index contributed by atoms with van der Waals surface area (Å²) in [7, 11) is 0. The molecule has 1 saturated heterocycles. The molecule has 3 rings (SSSR count). The van der Waals surface area contributed by atoms with Gasteiger partial charge in [-0.2, -0.15) is 0 Å². The maximum absolute atomic E-state index is 6.35. The van der Waals surface area contributed by atoms with E-state index in [0.29, 0.717) is 6.04 Å². The lowest BCUT2D eigenvalue weighted by Crippen LogP contribution is -2.40. The third-order valence-corrected chi connectivity index (χ3v) is 4.53. The molecule has 4 heteroatoms. The number of aromatic nitrogens is 1. The van der Waals surface area contributed by atoms with E-state index in [1.165, 1.54) is 37.2 Å². The highest BCUT2D eigenvalue weighted by molar-refractivity contribution is 7.09. The summed E-state index contributed by atoms with van der Waals surface area (Å²) >= 11 is 1.76. The lowest BCUT2D eigenvalue weighted by atomic mass is 10.0. The van der Waals surface area contributed by atoms with Crippen molar-refractivity contribution in [3.8, 4) is 0 Å². The van der Waals surface area contributed by atoms with Gasteiger partial charge in [-0.3, -0.25) is 4.90 Å². The summed E-state index contributed by atoms with van der Waals surface area (Å²) in [5.41, 5.74) is 6.35. The van der Waals surface area contributed by atoms with Crippen LogP contribution in [0.2, 0.25) is 0 Å². The molecule has 0 aromatic carbocycles. The minimum absolute atomic E-state index is 0.272. The smallest absolute Gasteiger partial charge is 0.111 e. The van der Waals surface area contributed by atoms with Gasteiger partial charge in [0.25, 0.3) is 0 Å². The molecule has 2 unspecified atom stereocenters. The number of nitrogens with zero attached hydrogens (tertiary/aromatic N) is 2. The Labute approximate surface area is 101 Å². The van der Waals surface area contributed by atoms with Gasteiger partial charge in [0, 0.05) is 23.7 Å². The molecule has 0 radical (unpaired) electrons. The van der Waals surface area contributed by atoms with Crippen molar-refractivity contribution in [2.24, 2.45) is 5.73 Å². The molecule has 1 aliphatic carbocycles. The molecule has 16 heavy (non-hydrogen) atoms. The summed E-state index contributed by atoms with van der Waals surface area (Å²) in [6.07, 6.45) is 8.33. The van der Waals surface area contributed by atoms with E-state index in [2.05, 4.69) is 15.3 Å². The van der Waals surface area contributed by atoms with Gasteiger partial charge in [-0.25, -0.2) is 4.98 Å². The lowest BCUT2D eigenvalue weighted by molar-refractivity contribution is 0.175. The van der Waals surface area contributed by atoms with Crippen molar-refractivity contribution >= 4 is 11.3 Å². The second-order valence-electron chi connectivity index (χ2n) is 4.94. The Bertz CT molecular complexity index is 334. The van der Waals surface area contributed by atoms with E-state index >= 15 is 0 Å². The number of hydrogen-bond acceptors (Lipinski definition) is 4. The van der Waals surface area contributed by atoms with Gasteiger partial charge >= 0.3 is 0 Å². The number of likely N-dealkylation sites (tertiary alicyclic amines) is 1. The van der Waals surface area contributed by atoms with Crippen LogP contribution in [0.4, 0.5) is 0 Å². The molecule has 1 aliphatic heterocycles. The highest BCUT2D eigenvalue weighted by Gasteiger charge is 2.39. The van der Waals surface area contributed by atoms with E-state index < -0.39 is 0 Å². The maximum atomic E-state index is 6.35. The first kappa shape index (κ1) is 10.7. The number of hydrogen-bond donors (Lipinski definition) is 1. The van der Waals surface area contributed by atoms with E-state index in [4.69, 9.17) is 5.73 Å². The molecule has 1 aromatic heterocycles. The van der Waals surface area contributed by atoms with Crippen LogP contribution in [-0.2, 0) is 0 Å². The first-order valence-electron chi connectivity index (χ1n) is 6.27. The van der Waals surface area contributed by atoms with Crippen LogP contribution in [0.25, 0.3) is 0 Å². The van der Waals surface area contributed by atoms with E-state index in [0.717, 1.165) is 12.5 Å². The molecule has 2 N–H and O–H groups in total. The maximum Gasteiger partial charge on any atom is 0.111 e. The van der Waals surface area contributed by atoms with Crippen LogP contribution in [0.15, 0.2) is 11.6 Å². The Hall–Kier alpha value is -0.450. The third kappa shape index (κ3) is 2.01. The first-order valence-corrected chi connectivity index (χ1v) is 7.15.